The molecule has 1 N–H and O–H groups in total. The van der Waals surface area contributed by atoms with Gasteiger partial charge in [-0.2, -0.15) is 0 Å². The third kappa shape index (κ3) is 6.27. The topological polar surface area (TPSA) is 101 Å². The average molecular weight is 471 g/mol. The minimum Gasteiger partial charge on any atom is -0.494 e. The van der Waals surface area contributed by atoms with Crippen molar-refractivity contribution in [3.63, 3.8) is 0 Å². The molecule has 184 valence electrons. The first-order valence-electron chi connectivity index (χ1n) is 12.3. The van der Waals surface area contributed by atoms with Crippen molar-refractivity contribution in [3.05, 3.63) is 23.8 Å². The molecule has 1 aromatic rings. The molecule has 1 saturated heterocycles. The number of aliphatic imine (C=N–C) groups is 1. The van der Waals surface area contributed by atoms with E-state index < -0.39 is 0 Å². The van der Waals surface area contributed by atoms with E-state index >= 15 is 0 Å². The highest BCUT2D eigenvalue weighted by Gasteiger charge is 2.29. The van der Waals surface area contributed by atoms with E-state index in [2.05, 4.69) is 10.3 Å². The lowest BCUT2D eigenvalue weighted by molar-refractivity contribution is -0.144. The Kier molecular flexibility index (Phi) is 8.03. The summed E-state index contributed by atoms with van der Waals surface area (Å²) in [5.41, 5.74) is 1.91. The van der Waals surface area contributed by atoms with Crippen molar-refractivity contribution in [2.45, 2.75) is 70.9 Å². The monoisotopic (exact) mass is 470 g/mol. The van der Waals surface area contributed by atoms with Crippen LogP contribution in [0.25, 0.3) is 0 Å². The van der Waals surface area contributed by atoms with E-state index in [1.807, 2.05) is 28.0 Å². The Bertz CT molecular complexity index is 941. The first-order valence-corrected chi connectivity index (χ1v) is 12.3. The van der Waals surface area contributed by atoms with Gasteiger partial charge in [-0.15, -0.1) is 0 Å². The number of unbranched alkanes of at least 4 members (excludes halogenated alkanes) is 2. The summed E-state index contributed by atoms with van der Waals surface area (Å²) in [4.78, 5) is 43.8. The number of carbonyl (C=O) groups excluding carboxylic acids is 3. The van der Waals surface area contributed by atoms with Gasteiger partial charge in [-0.25, -0.2) is 4.99 Å². The van der Waals surface area contributed by atoms with Crippen molar-refractivity contribution < 1.29 is 23.9 Å². The lowest BCUT2D eigenvalue weighted by Gasteiger charge is -2.29. The molecule has 0 atom stereocenters. The minimum absolute atomic E-state index is 0.0303. The van der Waals surface area contributed by atoms with Gasteiger partial charge in [0.15, 0.2) is 0 Å². The van der Waals surface area contributed by atoms with Gasteiger partial charge in [-0.3, -0.25) is 19.7 Å². The smallest absolute Gasteiger partial charge is 0.302 e. The summed E-state index contributed by atoms with van der Waals surface area (Å²) in [6.45, 7) is 3.71. The van der Waals surface area contributed by atoms with Gasteiger partial charge in [0.2, 0.25) is 17.8 Å². The Morgan fingerprint density at radius 1 is 1.15 bits per heavy atom. The fraction of sp³-hybridized carbons (Fsp3) is 0.600. The number of rotatable bonds is 11. The summed E-state index contributed by atoms with van der Waals surface area (Å²) >= 11 is 0. The summed E-state index contributed by atoms with van der Waals surface area (Å²) in [6, 6.07) is 6.10. The molecule has 34 heavy (non-hydrogen) atoms. The van der Waals surface area contributed by atoms with Crippen molar-refractivity contribution in [2.24, 2.45) is 4.99 Å². The predicted octanol–water partition coefficient (Wildman–Crippen LogP) is 2.89. The summed E-state index contributed by atoms with van der Waals surface area (Å²) in [7, 11) is 0. The summed E-state index contributed by atoms with van der Waals surface area (Å²) in [5, 5.41) is 2.77. The van der Waals surface area contributed by atoms with Gasteiger partial charge in [-0.05, 0) is 50.3 Å². The van der Waals surface area contributed by atoms with Crippen molar-refractivity contribution in [3.8, 4) is 5.75 Å². The number of hydrogen-bond donors (Lipinski definition) is 1. The van der Waals surface area contributed by atoms with Gasteiger partial charge in [0, 0.05) is 31.5 Å². The second-order valence-corrected chi connectivity index (χ2v) is 9.15. The molecule has 4 rings (SSSR count). The number of carbonyl (C=O) groups is 3. The maximum Gasteiger partial charge on any atom is 0.302 e. The van der Waals surface area contributed by atoms with E-state index in [9.17, 15) is 14.4 Å². The molecule has 0 aromatic heterocycles. The molecule has 9 heteroatoms. The maximum atomic E-state index is 12.8. The van der Waals surface area contributed by atoms with Crippen LogP contribution in [0.1, 0.15) is 63.9 Å². The average Bonchev–Trinajstić information content (AvgIpc) is 3.45. The van der Waals surface area contributed by atoms with Crippen LogP contribution in [0.15, 0.2) is 23.2 Å². The van der Waals surface area contributed by atoms with Crippen molar-refractivity contribution in [2.75, 3.05) is 26.3 Å². The van der Waals surface area contributed by atoms with E-state index in [4.69, 9.17) is 9.47 Å². The van der Waals surface area contributed by atoms with Crippen LogP contribution in [0, 0.1) is 0 Å². The van der Waals surface area contributed by atoms with E-state index in [0.29, 0.717) is 38.6 Å². The summed E-state index contributed by atoms with van der Waals surface area (Å²) in [6.07, 6.45) is 7.50. The number of benzene rings is 1. The minimum atomic E-state index is -0.307. The van der Waals surface area contributed by atoms with Crippen LogP contribution in [0.5, 0.6) is 5.75 Å². The Labute approximate surface area is 200 Å². The number of nitrogens with one attached hydrogen (secondary N) is 1. The normalized spacial score (nSPS) is 17.0. The molecule has 0 bridgehead atoms. The van der Waals surface area contributed by atoms with E-state index in [-0.39, 0.29) is 30.4 Å². The highest BCUT2D eigenvalue weighted by Crippen LogP contribution is 2.30. The molecule has 2 fully saturated rings. The molecule has 0 radical (unpaired) electrons. The molecule has 1 saturated carbocycles. The molecule has 3 aliphatic rings. The number of hydrogen-bond acceptors (Lipinski definition) is 7. The fourth-order valence-corrected chi connectivity index (χ4v) is 4.83. The largest absolute Gasteiger partial charge is 0.494 e. The van der Waals surface area contributed by atoms with Crippen molar-refractivity contribution in [1.82, 2.24) is 15.1 Å². The van der Waals surface area contributed by atoms with Gasteiger partial charge < -0.3 is 19.3 Å². The van der Waals surface area contributed by atoms with Gasteiger partial charge in [0.1, 0.15) is 18.9 Å². The zero-order chi connectivity index (χ0) is 23.9. The quantitative estimate of drug-likeness (QED) is 0.394. The third-order valence-corrected chi connectivity index (χ3v) is 6.55. The lowest BCUT2D eigenvalue weighted by atomic mass is 10.1. The fourth-order valence-electron chi connectivity index (χ4n) is 4.83. The Balaban J connectivity index is 1.16. The summed E-state index contributed by atoms with van der Waals surface area (Å²) < 4.78 is 11.0. The number of esters is 1. The molecule has 2 heterocycles. The third-order valence-electron chi connectivity index (χ3n) is 6.55. The zero-order valence-electron chi connectivity index (χ0n) is 19.9. The maximum absolute atomic E-state index is 12.8. The molecule has 2 amide bonds. The Hall–Kier alpha value is -3.10. The van der Waals surface area contributed by atoms with Crippen LogP contribution in [0.2, 0.25) is 0 Å². The van der Waals surface area contributed by atoms with Crippen LogP contribution in [0.4, 0.5) is 5.69 Å². The van der Waals surface area contributed by atoms with E-state index in [0.717, 1.165) is 61.9 Å². The molecular weight excluding hydrogens is 436 g/mol. The van der Waals surface area contributed by atoms with Crippen molar-refractivity contribution in [1.29, 1.82) is 0 Å². The molecule has 2 aliphatic heterocycles. The summed E-state index contributed by atoms with van der Waals surface area (Å²) in [5.74, 6) is 1.24. The van der Waals surface area contributed by atoms with Crippen LogP contribution in [-0.4, -0.2) is 65.9 Å². The van der Waals surface area contributed by atoms with Gasteiger partial charge in [0.25, 0.3) is 0 Å². The zero-order valence-corrected chi connectivity index (χ0v) is 19.9. The van der Waals surface area contributed by atoms with Gasteiger partial charge in [-0.1, -0.05) is 12.8 Å². The first-order chi connectivity index (χ1) is 16.5. The molecule has 1 aliphatic carbocycles. The first kappa shape index (κ1) is 24.0. The standard InChI is InChI=1S/C25H34N4O5/c1-18(30)33-14-12-29(20-7-4-5-8-20)24(32)9-3-2-6-13-34-21-10-11-22-19(15-21)16-28-17-23(31)27-25(28)26-22/h10-11,15,20H,2-9,12-14,16-17H2,1H3,(H,26,27,31). The lowest BCUT2D eigenvalue weighted by Crippen LogP contribution is -2.41. The number of fused-ring (bicyclic) bond motifs is 2. The Morgan fingerprint density at radius 2 is 1.97 bits per heavy atom. The van der Waals surface area contributed by atoms with Crippen molar-refractivity contribution >= 4 is 29.4 Å². The van der Waals surface area contributed by atoms with Gasteiger partial charge >= 0.3 is 5.97 Å². The second kappa shape index (κ2) is 11.4. The highest BCUT2D eigenvalue weighted by atomic mass is 16.5. The van der Waals surface area contributed by atoms with E-state index in [1.54, 1.807) is 0 Å². The van der Waals surface area contributed by atoms with E-state index in [1.165, 1.54) is 6.92 Å². The van der Waals surface area contributed by atoms with Crippen LogP contribution in [0.3, 0.4) is 0 Å². The van der Waals surface area contributed by atoms with Crippen LogP contribution < -0.4 is 10.1 Å². The molecular formula is C25H34N4O5. The number of guanidine groups is 1. The molecule has 9 nitrogen and oxygen atoms in total. The SMILES string of the molecule is CC(=O)OCCN(C(=O)CCCCCOc1ccc2c(c1)CN1CC(=O)NC1=N2)C1CCCC1. The van der Waals surface area contributed by atoms with Crippen LogP contribution >= 0.6 is 0 Å². The van der Waals surface area contributed by atoms with Gasteiger partial charge in [0.05, 0.1) is 18.8 Å². The molecule has 1 aromatic carbocycles. The number of ether oxygens (including phenoxy) is 2. The highest BCUT2D eigenvalue weighted by molar-refractivity contribution is 6.05. The number of nitrogens with zero attached hydrogens (tertiary/aromatic N) is 3. The molecule has 0 unspecified atom stereocenters. The predicted molar refractivity (Wildman–Crippen MR) is 127 cm³/mol. The second-order valence-electron chi connectivity index (χ2n) is 9.15. The Morgan fingerprint density at radius 3 is 2.76 bits per heavy atom. The number of amides is 2. The molecule has 0 spiro atoms. The van der Waals surface area contributed by atoms with Crippen LogP contribution in [-0.2, 0) is 25.7 Å².